The van der Waals surface area contributed by atoms with Crippen LogP contribution in [0.25, 0.3) is 11.3 Å². The van der Waals surface area contributed by atoms with E-state index < -0.39 is 0 Å². The predicted octanol–water partition coefficient (Wildman–Crippen LogP) is 6.64. The van der Waals surface area contributed by atoms with Crippen LogP contribution in [-0.4, -0.2) is 23.9 Å². The van der Waals surface area contributed by atoms with Gasteiger partial charge in [-0.25, -0.2) is 4.98 Å². The van der Waals surface area contributed by atoms with E-state index in [1.54, 1.807) is 36.4 Å². The van der Waals surface area contributed by atoms with Crippen molar-refractivity contribution in [1.82, 2.24) is 4.98 Å². The van der Waals surface area contributed by atoms with E-state index in [0.29, 0.717) is 32.8 Å². The molecule has 2 N–H and O–H groups in total. The van der Waals surface area contributed by atoms with E-state index in [9.17, 15) is 9.59 Å². The maximum Gasteiger partial charge on any atom is 0.255 e. The van der Waals surface area contributed by atoms with Gasteiger partial charge in [0, 0.05) is 28.1 Å². The fraction of sp³-hybridized carbons (Fsp3) is 0.179. The predicted molar refractivity (Wildman–Crippen MR) is 144 cm³/mol. The SMILES string of the molecule is COc1ccc(NC(=O)c2cccc(-c3csc(NC(=O)[C@@H]4Cc5ccccc5[C@@H]4C)n3)c2)cc1Cl. The third-order valence-corrected chi connectivity index (χ3v) is 7.54. The first-order valence-electron chi connectivity index (χ1n) is 11.5. The zero-order valence-corrected chi connectivity index (χ0v) is 21.3. The Morgan fingerprint density at radius 1 is 1.06 bits per heavy atom. The Morgan fingerprint density at radius 3 is 2.67 bits per heavy atom. The molecular formula is C28H24ClN3O3S. The second-order valence-corrected chi connectivity index (χ2v) is 9.97. The molecule has 0 saturated heterocycles. The van der Waals surface area contributed by atoms with Crippen molar-refractivity contribution in [2.45, 2.75) is 19.3 Å². The molecule has 0 fully saturated rings. The Bertz CT molecular complexity index is 1450. The zero-order valence-electron chi connectivity index (χ0n) is 19.7. The number of amides is 2. The molecule has 182 valence electrons. The Labute approximate surface area is 218 Å². The second kappa shape index (κ2) is 10.1. The van der Waals surface area contributed by atoms with Gasteiger partial charge in [-0.2, -0.15) is 0 Å². The Kier molecular flexibility index (Phi) is 6.76. The lowest BCUT2D eigenvalue weighted by atomic mass is 9.94. The van der Waals surface area contributed by atoms with E-state index in [2.05, 4.69) is 34.7 Å². The zero-order chi connectivity index (χ0) is 25.2. The molecule has 0 bridgehead atoms. The largest absolute Gasteiger partial charge is 0.495 e. The van der Waals surface area contributed by atoms with Gasteiger partial charge in [-0.1, -0.05) is 54.9 Å². The number of hydrogen-bond acceptors (Lipinski definition) is 5. The summed E-state index contributed by atoms with van der Waals surface area (Å²) >= 11 is 7.53. The van der Waals surface area contributed by atoms with Gasteiger partial charge in [-0.05, 0) is 53.8 Å². The molecule has 0 radical (unpaired) electrons. The summed E-state index contributed by atoms with van der Waals surface area (Å²) in [5.41, 5.74) is 5.00. The van der Waals surface area contributed by atoms with E-state index >= 15 is 0 Å². The van der Waals surface area contributed by atoms with Gasteiger partial charge in [-0.15, -0.1) is 11.3 Å². The van der Waals surface area contributed by atoms with Crippen molar-refractivity contribution in [1.29, 1.82) is 0 Å². The van der Waals surface area contributed by atoms with Crippen LogP contribution in [0.5, 0.6) is 5.75 Å². The minimum atomic E-state index is -0.267. The van der Waals surface area contributed by atoms with Gasteiger partial charge >= 0.3 is 0 Å². The van der Waals surface area contributed by atoms with Gasteiger partial charge in [-0.3, -0.25) is 9.59 Å². The molecule has 4 aromatic rings. The number of anilines is 2. The van der Waals surface area contributed by atoms with E-state index in [1.165, 1.54) is 29.6 Å². The molecule has 3 aromatic carbocycles. The highest BCUT2D eigenvalue weighted by atomic mass is 35.5. The van der Waals surface area contributed by atoms with Crippen LogP contribution in [0, 0.1) is 5.92 Å². The van der Waals surface area contributed by atoms with E-state index in [0.717, 1.165) is 12.0 Å². The maximum atomic E-state index is 13.0. The summed E-state index contributed by atoms with van der Waals surface area (Å²) < 4.78 is 5.15. The van der Waals surface area contributed by atoms with Crippen LogP contribution in [-0.2, 0) is 11.2 Å². The minimum absolute atomic E-state index is 0.0223. The van der Waals surface area contributed by atoms with Crippen molar-refractivity contribution in [2.75, 3.05) is 17.7 Å². The van der Waals surface area contributed by atoms with Crippen LogP contribution < -0.4 is 15.4 Å². The first-order chi connectivity index (χ1) is 17.4. The summed E-state index contributed by atoms with van der Waals surface area (Å²) in [5.74, 6) is 0.294. The maximum absolute atomic E-state index is 13.0. The van der Waals surface area contributed by atoms with Crippen LogP contribution in [0.2, 0.25) is 5.02 Å². The van der Waals surface area contributed by atoms with E-state index in [-0.39, 0.29) is 23.7 Å². The molecule has 0 saturated carbocycles. The van der Waals surface area contributed by atoms with Crippen LogP contribution >= 0.6 is 22.9 Å². The summed E-state index contributed by atoms with van der Waals surface area (Å²) in [7, 11) is 1.54. The van der Waals surface area contributed by atoms with Crippen molar-refractivity contribution >= 4 is 45.6 Å². The molecule has 1 aliphatic carbocycles. The Balaban J connectivity index is 1.27. The highest BCUT2D eigenvalue weighted by Crippen LogP contribution is 2.38. The minimum Gasteiger partial charge on any atom is -0.495 e. The standard InChI is InChI=1S/C28H24ClN3O3S/c1-16-21-9-4-3-6-17(21)13-22(16)27(34)32-28-31-24(15-36-28)18-7-5-8-19(12-18)26(33)30-20-10-11-25(35-2)23(29)14-20/h3-12,14-16,22H,13H2,1-2H3,(H,30,33)(H,31,32,34)/t16-,22+/m0/s1. The summed E-state index contributed by atoms with van der Waals surface area (Å²) in [5, 5.41) is 8.67. The number of ether oxygens (including phenoxy) is 1. The van der Waals surface area contributed by atoms with Gasteiger partial charge in [0.15, 0.2) is 5.13 Å². The third-order valence-electron chi connectivity index (χ3n) is 6.49. The first kappa shape index (κ1) is 24.0. The normalized spacial score (nSPS) is 16.3. The van der Waals surface area contributed by atoms with Gasteiger partial charge in [0.05, 0.1) is 17.8 Å². The third kappa shape index (κ3) is 4.85. The highest BCUT2D eigenvalue weighted by Gasteiger charge is 2.34. The molecule has 36 heavy (non-hydrogen) atoms. The summed E-state index contributed by atoms with van der Waals surface area (Å²) in [6.45, 7) is 2.10. The number of fused-ring (bicyclic) bond motifs is 1. The quantitative estimate of drug-likeness (QED) is 0.300. The lowest BCUT2D eigenvalue weighted by molar-refractivity contribution is -0.120. The van der Waals surface area contributed by atoms with Crippen LogP contribution in [0.15, 0.2) is 72.1 Å². The number of carbonyl (C=O) groups excluding carboxylic acids is 2. The fourth-order valence-corrected chi connectivity index (χ4v) is 5.52. The first-order valence-corrected chi connectivity index (χ1v) is 12.8. The molecule has 1 aromatic heterocycles. The number of nitrogens with one attached hydrogen (secondary N) is 2. The van der Waals surface area contributed by atoms with Gasteiger partial charge in [0.25, 0.3) is 5.91 Å². The number of thiazole rings is 1. The number of rotatable bonds is 6. The molecule has 0 unspecified atom stereocenters. The highest BCUT2D eigenvalue weighted by molar-refractivity contribution is 7.14. The molecular weight excluding hydrogens is 494 g/mol. The van der Waals surface area contributed by atoms with Gasteiger partial charge in [0.1, 0.15) is 5.75 Å². The molecule has 2 amide bonds. The summed E-state index contributed by atoms with van der Waals surface area (Å²) in [6, 6.07) is 20.5. The second-order valence-electron chi connectivity index (χ2n) is 8.71. The van der Waals surface area contributed by atoms with Crippen molar-refractivity contribution < 1.29 is 14.3 Å². The number of methoxy groups -OCH3 is 1. The Hall–Kier alpha value is -3.68. The number of nitrogens with zero attached hydrogens (tertiary/aromatic N) is 1. The van der Waals surface area contributed by atoms with E-state index in [4.69, 9.17) is 16.3 Å². The molecule has 1 heterocycles. The number of benzene rings is 3. The molecule has 0 aliphatic heterocycles. The molecule has 8 heteroatoms. The number of aromatic nitrogens is 1. The summed E-state index contributed by atoms with van der Waals surface area (Å²) in [4.78, 5) is 30.4. The molecule has 0 spiro atoms. The number of carbonyl (C=O) groups is 2. The lowest BCUT2D eigenvalue weighted by Gasteiger charge is -2.14. The number of hydrogen-bond donors (Lipinski definition) is 2. The average molecular weight is 518 g/mol. The monoisotopic (exact) mass is 517 g/mol. The average Bonchev–Trinajstić information content (AvgIpc) is 3.49. The molecule has 1 aliphatic rings. The van der Waals surface area contributed by atoms with Crippen molar-refractivity contribution in [3.05, 3.63) is 93.8 Å². The van der Waals surface area contributed by atoms with Crippen LogP contribution in [0.3, 0.4) is 0 Å². The van der Waals surface area contributed by atoms with Gasteiger partial charge in [0.2, 0.25) is 5.91 Å². The summed E-state index contributed by atoms with van der Waals surface area (Å²) in [6.07, 6.45) is 0.734. The number of halogens is 1. The van der Waals surface area contributed by atoms with Crippen LogP contribution in [0.4, 0.5) is 10.8 Å². The molecule has 5 rings (SSSR count). The molecule has 2 atom stereocenters. The molecule has 6 nitrogen and oxygen atoms in total. The topological polar surface area (TPSA) is 80.3 Å². The van der Waals surface area contributed by atoms with Crippen molar-refractivity contribution in [3.63, 3.8) is 0 Å². The van der Waals surface area contributed by atoms with Crippen molar-refractivity contribution in [3.8, 4) is 17.0 Å². The van der Waals surface area contributed by atoms with E-state index in [1.807, 2.05) is 23.6 Å². The lowest BCUT2D eigenvalue weighted by Crippen LogP contribution is -2.25. The van der Waals surface area contributed by atoms with Gasteiger partial charge < -0.3 is 15.4 Å². The fourth-order valence-electron chi connectivity index (χ4n) is 4.54. The van der Waals surface area contributed by atoms with Crippen molar-refractivity contribution in [2.24, 2.45) is 5.92 Å². The Morgan fingerprint density at radius 2 is 1.89 bits per heavy atom. The van der Waals surface area contributed by atoms with Crippen LogP contribution in [0.1, 0.15) is 34.3 Å². The smallest absolute Gasteiger partial charge is 0.255 e.